The fraction of sp³-hybridized carbons (Fsp3) is 0.290. The van der Waals surface area contributed by atoms with Crippen LogP contribution < -0.4 is 9.64 Å². The molecule has 2 aromatic heterocycles. The number of fused-ring (bicyclic) bond motifs is 1. The zero-order valence-corrected chi connectivity index (χ0v) is 23.4. The van der Waals surface area contributed by atoms with Crippen LogP contribution in [0.25, 0.3) is 22.0 Å². The number of nitrogens with zero attached hydrogens (tertiary/aromatic N) is 3. The standard InChI is InChI=1S/C30H33N3O3.CO2/c1-19-11-8-9-12-23(19)22-15-25-24(13-10-14-31-25)27(16-22)33(29(34)36-30(4,5)6)18-26-21(3)28(35-7)20(2)17-32-26;2-1-3/h8-17H,18H2,1-7H3;. The average molecular weight is 528 g/mol. The summed E-state index contributed by atoms with van der Waals surface area (Å²) < 4.78 is 11.5. The summed E-state index contributed by atoms with van der Waals surface area (Å²) in [5.41, 5.74) is 6.63. The summed E-state index contributed by atoms with van der Waals surface area (Å²) in [4.78, 5) is 40.9. The highest BCUT2D eigenvalue weighted by molar-refractivity contribution is 6.02. The van der Waals surface area contributed by atoms with Gasteiger partial charge in [-0.25, -0.2) is 4.79 Å². The number of hydrogen-bond donors (Lipinski definition) is 0. The summed E-state index contributed by atoms with van der Waals surface area (Å²) in [6.45, 7) is 11.8. The Bertz CT molecular complexity index is 1520. The Morgan fingerprint density at radius 2 is 1.67 bits per heavy atom. The van der Waals surface area contributed by atoms with Crippen LogP contribution in [0.15, 0.2) is 60.9 Å². The average Bonchev–Trinajstić information content (AvgIpc) is 2.88. The van der Waals surface area contributed by atoms with Crippen molar-refractivity contribution in [1.29, 1.82) is 0 Å². The molecule has 0 saturated heterocycles. The van der Waals surface area contributed by atoms with Crippen molar-refractivity contribution in [2.75, 3.05) is 12.0 Å². The predicted octanol–water partition coefficient (Wildman–Crippen LogP) is 6.59. The van der Waals surface area contributed by atoms with E-state index < -0.39 is 11.7 Å². The monoisotopic (exact) mass is 527 g/mol. The number of rotatable bonds is 5. The summed E-state index contributed by atoms with van der Waals surface area (Å²) in [5, 5.41) is 0.859. The van der Waals surface area contributed by atoms with Gasteiger partial charge >= 0.3 is 12.2 Å². The highest BCUT2D eigenvalue weighted by Gasteiger charge is 2.27. The topological polar surface area (TPSA) is 98.7 Å². The van der Waals surface area contributed by atoms with Crippen LogP contribution in [-0.2, 0) is 20.9 Å². The Kier molecular flexibility index (Phi) is 9.17. The lowest BCUT2D eigenvalue weighted by atomic mass is 9.98. The summed E-state index contributed by atoms with van der Waals surface area (Å²) in [7, 11) is 1.65. The minimum atomic E-state index is -0.662. The van der Waals surface area contributed by atoms with Crippen molar-refractivity contribution in [2.45, 2.75) is 53.7 Å². The van der Waals surface area contributed by atoms with Crippen molar-refractivity contribution < 1.29 is 23.9 Å². The third-order valence-corrected chi connectivity index (χ3v) is 6.12. The van der Waals surface area contributed by atoms with E-state index in [1.807, 2.05) is 65.0 Å². The third kappa shape index (κ3) is 6.86. The van der Waals surface area contributed by atoms with Crippen molar-refractivity contribution in [2.24, 2.45) is 0 Å². The molecule has 0 bridgehead atoms. The minimum absolute atomic E-state index is 0.221. The van der Waals surface area contributed by atoms with Gasteiger partial charge in [-0.15, -0.1) is 0 Å². The Morgan fingerprint density at radius 1 is 0.974 bits per heavy atom. The van der Waals surface area contributed by atoms with E-state index in [1.54, 1.807) is 24.4 Å². The van der Waals surface area contributed by atoms with Crippen LogP contribution in [-0.4, -0.2) is 34.9 Å². The highest BCUT2D eigenvalue weighted by Crippen LogP contribution is 2.36. The van der Waals surface area contributed by atoms with Crippen LogP contribution in [0.4, 0.5) is 10.5 Å². The van der Waals surface area contributed by atoms with Crippen LogP contribution >= 0.6 is 0 Å². The molecule has 4 aromatic rings. The second-order valence-corrected chi connectivity index (χ2v) is 10.1. The molecule has 0 aliphatic rings. The molecule has 2 aromatic carbocycles. The van der Waals surface area contributed by atoms with Gasteiger partial charge in [0.15, 0.2) is 0 Å². The largest absolute Gasteiger partial charge is 0.496 e. The number of benzene rings is 2. The van der Waals surface area contributed by atoms with Gasteiger partial charge < -0.3 is 9.47 Å². The first-order valence-corrected chi connectivity index (χ1v) is 12.4. The molecule has 0 radical (unpaired) electrons. The predicted molar refractivity (Wildman–Crippen MR) is 150 cm³/mol. The zero-order valence-electron chi connectivity index (χ0n) is 23.4. The molecule has 0 spiro atoms. The normalized spacial score (nSPS) is 10.7. The number of aromatic nitrogens is 2. The first kappa shape index (κ1) is 29.0. The summed E-state index contributed by atoms with van der Waals surface area (Å²) >= 11 is 0. The molecule has 0 unspecified atom stereocenters. The lowest BCUT2D eigenvalue weighted by Crippen LogP contribution is -2.37. The molecule has 202 valence electrons. The molecule has 8 heteroatoms. The van der Waals surface area contributed by atoms with Crippen LogP contribution in [0.5, 0.6) is 5.75 Å². The Morgan fingerprint density at radius 3 is 2.31 bits per heavy atom. The SMILES string of the molecule is COc1c(C)cnc(CN(C(=O)OC(C)(C)C)c2cc(-c3ccccc3C)cc3ncccc23)c1C.O=C=O. The van der Waals surface area contributed by atoms with E-state index in [0.717, 1.165) is 50.2 Å². The molecule has 2 heterocycles. The molecule has 4 rings (SSSR count). The molecule has 0 fully saturated rings. The van der Waals surface area contributed by atoms with Crippen LogP contribution in [0.3, 0.4) is 0 Å². The van der Waals surface area contributed by atoms with Crippen LogP contribution in [0.2, 0.25) is 0 Å². The number of carbonyl (C=O) groups is 1. The maximum Gasteiger partial charge on any atom is 0.415 e. The molecule has 0 saturated carbocycles. The van der Waals surface area contributed by atoms with Gasteiger partial charge in [-0.05, 0) is 82.5 Å². The highest BCUT2D eigenvalue weighted by atomic mass is 16.6. The van der Waals surface area contributed by atoms with Gasteiger partial charge in [-0.1, -0.05) is 24.3 Å². The van der Waals surface area contributed by atoms with E-state index in [-0.39, 0.29) is 12.7 Å². The van der Waals surface area contributed by atoms with E-state index in [2.05, 4.69) is 35.1 Å². The second kappa shape index (κ2) is 12.3. The van der Waals surface area contributed by atoms with Gasteiger partial charge in [0, 0.05) is 28.9 Å². The van der Waals surface area contributed by atoms with Gasteiger partial charge in [0.1, 0.15) is 11.4 Å². The molecular weight excluding hydrogens is 494 g/mol. The summed E-state index contributed by atoms with van der Waals surface area (Å²) in [6.07, 6.45) is 3.34. The molecule has 0 aliphatic carbocycles. The molecule has 8 nitrogen and oxygen atoms in total. The number of aryl methyl sites for hydroxylation is 2. The Balaban J connectivity index is 0.00000134. The number of ether oxygens (including phenoxy) is 2. The van der Waals surface area contributed by atoms with E-state index >= 15 is 0 Å². The van der Waals surface area contributed by atoms with Gasteiger partial charge in [-0.3, -0.25) is 14.9 Å². The summed E-state index contributed by atoms with van der Waals surface area (Å²) in [6, 6.07) is 16.2. The van der Waals surface area contributed by atoms with E-state index in [9.17, 15) is 4.79 Å². The number of methoxy groups -OCH3 is 1. The van der Waals surface area contributed by atoms with Crippen molar-refractivity contribution in [3.8, 4) is 16.9 Å². The van der Waals surface area contributed by atoms with E-state index in [4.69, 9.17) is 19.1 Å². The number of anilines is 1. The Labute approximate surface area is 228 Å². The molecule has 0 atom stereocenters. The molecule has 0 aliphatic heterocycles. The van der Waals surface area contributed by atoms with E-state index in [0.29, 0.717) is 5.69 Å². The van der Waals surface area contributed by atoms with Gasteiger partial charge in [0.25, 0.3) is 0 Å². The van der Waals surface area contributed by atoms with Crippen LogP contribution in [0.1, 0.15) is 43.2 Å². The maximum atomic E-state index is 13.7. The van der Waals surface area contributed by atoms with Crippen molar-refractivity contribution in [3.63, 3.8) is 0 Å². The summed E-state index contributed by atoms with van der Waals surface area (Å²) in [5.74, 6) is 0.768. The quantitative estimate of drug-likeness (QED) is 0.289. The Hall–Kier alpha value is -4.55. The second-order valence-electron chi connectivity index (χ2n) is 10.1. The fourth-order valence-electron chi connectivity index (χ4n) is 4.38. The zero-order chi connectivity index (χ0) is 28.7. The number of pyridine rings is 2. The molecule has 39 heavy (non-hydrogen) atoms. The van der Waals surface area contributed by atoms with Gasteiger partial charge in [-0.2, -0.15) is 9.59 Å². The maximum absolute atomic E-state index is 13.7. The van der Waals surface area contributed by atoms with Gasteiger partial charge in [0.05, 0.1) is 30.6 Å². The molecular formula is C31H33N3O5. The van der Waals surface area contributed by atoms with Gasteiger partial charge in [0.2, 0.25) is 0 Å². The fourth-order valence-corrected chi connectivity index (χ4v) is 4.38. The van der Waals surface area contributed by atoms with E-state index in [1.165, 1.54) is 0 Å². The number of hydrogen-bond acceptors (Lipinski definition) is 7. The first-order chi connectivity index (χ1) is 18.5. The van der Waals surface area contributed by atoms with Crippen LogP contribution in [0, 0.1) is 20.8 Å². The minimum Gasteiger partial charge on any atom is -0.496 e. The van der Waals surface area contributed by atoms with Crippen molar-refractivity contribution in [1.82, 2.24) is 9.97 Å². The number of carbonyl (C=O) groups excluding carboxylic acids is 3. The smallest absolute Gasteiger partial charge is 0.415 e. The third-order valence-electron chi connectivity index (χ3n) is 6.12. The lowest BCUT2D eigenvalue weighted by Gasteiger charge is -2.29. The molecule has 0 N–H and O–H groups in total. The van der Waals surface area contributed by atoms with Crippen molar-refractivity contribution in [3.05, 3.63) is 83.3 Å². The first-order valence-electron chi connectivity index (χ1n) is 12.4. The lowest BCUT2D eigenvalue weighted by molar-refractivity contribution is -0.191. The molecule has 1 amide bonds. The number of amides is 1. The van der Waals surface area contributed by atoms with Crippen molar-refractivity contribution >= 4 is 28.8 Å².